The van der Waals surface area contributed by atoms with Gasteiger partial charge in [-0.2, -0.15) is 0 Å². The van der Waals surface area contributed by atoms with Crippen LogP contribution in [0.2, 0.25) is 0 Å². The van der Waals surface area contributed by atoms with Crippen LogP contribution in [0, 0.1) is 5.92 Å². The fourth-order valence-electron chi connectivity index (χ4n) is 3.75. The maximum absolute atomic E-state index is 12.7. The zero-order valence-electron chi connectivity index (χ0n) is 20.0. The maximum atomic E-state index is 12.7. The van der Waals surface area contributed by atoms with E-state index in [1.165, 1.54) is 11.1 Å². The van der Waals surface area contributed by atoms with Gasteiger partial charge in [0.05, 0.1) is 6.04 Å². The minimum atomic E-state index is -0.492. The van der Waals surface area contributed by atoms with Gasteiger partial charge in [0, 0.05) is 26.2 Å². The topological polar surface area (TPSA) is 73.9 Å². The van der Waals surface area contributed by atoms with Gasteiger partial charge < -0.3 is 25.2 Å². The number of amides is 3. The number of piperidine rings is 1. The fourth-order valence-corrected chi connectivity index (χ4v) is 3.75. The average Bonchev–Trinajstić information content (AvgIpc) is 2.71. The van der Waals surface area contributed by atoms with Crippen LogP contribution in [0.15, 0.2) is 24.3 Å². The molecule has 0 bridgehead atoms. The van der Waals surface area contributed by atoms with Crippen LogP contribution in [0.4, 0.5) is 9.59 Å². The summed E-state index contributed by atoms with van der Waals surface area (Å²) in [5.41, 5.74) is 2.03. The van der Waals surface area contributed by atoms with Crippen molar-refractivity contribution in [3.63, 3.8) is 0 Å². The largest absolute Gasteiger partial charge is 0.444 e. The number of carbonyl (C=O) groups is 2. The lowest BCUT2D eigenvalue weighted by atomic mass is 9.97. The molecule has 174 valence electrons. The van der Waals surface area contributed by atoms with E-state index in [9.17, 15) is 9.59 Å². The standard InChI is InChI=1S/C24H40N4O3/c1-7-18-8-10-20(11-9-18)21(27(5)6)17-25-22(29)28-14-12-19(13-15-28)16-26-23(30)31-24(2,3)4/h8-11,19,21H,7,12-17H2,1-6H3,(H,25,29)(H,26,30). The number of ether oxygens (including phenoxy) is 1. The third kappa shape index (κ3) is 8.40. The van der Waals surface area contributed by atoms with E-state index >= 15 is 0 Å². The number of hydrogen-bond acceptors (Lipinski definition) is 4. The van der Waals surface area contributed by atoms with Crippen molar-refractivity contribution in [2.45, 2.75) is 58.6 Å². The molecule has 3 amide bonds. The number of likely N-dealkylation sites (N-methyl/N-ethyl adjacent to an activating group) is 1. The summed E-state index contributed by atoms with van der Waals surface area (Å²) in [5, 5.41) is 5.95. The Morgan fingerprint density at radius 2 is 1.74 bits per heavy atom. The third-order valence-electron chi connectivity index (χ3n) is 5.68. The summed E-state index contributed by atoms with van der Waals surface area (Å²) < 4.78 is 5.28. The lowest BCUT2D eigenvalue weighted by molar-refractivity contribution is 0.0511. The molecule has 2 N–H and O–H groups in total. The van der Waals surface area contributed by atoms with Gasteiger partial charge in [-0.25, -0.2) is 9.59 Å². The molecule has 31 heavy (non-hydrogen) atoms. The summed E-state index contributed by atoms with van der Waals surface area (Å²) in [5.74, 6) is 0.364. The number of benzene rings is 1. The number of carbonyl (C=O) groups excluding carboxylic acids is 2. The Balaban J connectivity index is 1.76. The van der Waals surface area contributed by atoms with Crippen molar-refractivity contribution >= 4 is 12.1 Å². The van der Waals surface area contributed by atoms with Gasteiger partial charge >= 0.3 is 12.1 Å². The number of rotatable bonds is 7. The Bertz CT molecular complexity index is 705. The normalized spacial score (nSPS) is 16.2. The van der Waals surface area contributed by atoms with E-state index in [0.717, 1.165) is 19.3 Å². The predicted molar refractivity (Wildman–Crippen MR) is 124 cm³/mol. The van der Waals surface area contributed by atoms with Crippen LogP contribution in [0.1, 0.15) is 57.7 Å². The van der Waals surface area contributed by atoms with Crippen LogP contribution in [0.5, 0.6) is 0 Å². The molecule has 1 unspecified atom stereocenters. The van der Waals surface area contributed by atoms with Gasteiger partial charge in [0.1, 0.15) is 5.60 Å². The van der Waals surface area contributed by atoms with Crippen molar-refractivity contribution < 1.29 is 14.3 Å². The second-order valence-corrected chi connectivity index (χ2v) is 9.57. The van der Waals surface area contributed by atoms with Crippen molar-refractivity contribution in [3.05, 3.63) is 35.4 Å². The molecular formula is C24H40N4O3. The van der Waals surface area contributed by atoms with Crippen molar-refractivity contribution in [2.75, 3.05) is 40.3 Å². The van der Waals surface area contributed by atoms with Gasteiger partial charge in [0.25, 0.3) is 0 Å². The molecule has 0 aromatic heterocycles. The molecular weight excluding hydrogens is 392 g/mol. The minimum absolute atomic E-state index is 0.0180. The van der Waals surface area contributed by atoms with Gasteiger partial charge in [-0.1, -0.05) is 31.2 Å². The number of nitrogens with one attached hydrogen (secondary N) is 2. The predicted octanol–water partition coefficient (Wildman–Crippen LogP) is 3.80. The first-order valence-electron chi connectivity index (χ1n) is 11.3. The van der Waals surface area contributed by atoms with Crippen molar-refractivity contribution in [1.29, 1.82) is 0 Å². The van der Waals surface area contributed by atoms with Crippen LogP contribution < -0.4 is 10.6 Å². The first-order chi connectivity index (χ1) is 14.6. The van der Waals surface area contributed by atoms with Crippen molar-refractivity contribution in [3.8, 4) is 0 Å². The van der Waals surface area contributed by atoms with E-state index in [1.807, 2.05) is 39.8 Å². The Kier molecular flexibility index (Phi) is 9.16. The molecule has 1 aromatic rings. The number of nitrogens with zero attached hydrogens (tertiary/aromatic N) is 2. The SMILES string of the molecule is CCc1ccc(C(CNC(=O)N2CCC(CNC(=O)OC(C)(C)C)CC2)N(C)C)cc1. The van der Waals surface area contributed by atoms with Crippen molar-refractivity contribution in [1.82, 2.24) is 20.4 Å². The van der Waals surface area contributed by atoms with Gasteiger partial charge in [0.2, 0.25) is 0 Å². The van der Waals surface area contributed by atoms with E-state index in [0.29, 0.717) is 32.1 Å². The molecule has 2 rings (SSSR count). The summed E-state index contributed by atoms with van der Waals surface area (Å²) in [4.78, 5) is 28.5. The fraction of sp³-hybridized carbons (Fsp3) is 0.667. The molecule has 1 heterocycles. The van der Waals surface area contributed by atoms with E-state index in [2.05, 4.69) is 46.7 Å². The molecule has 1 aliphatic heterocycles. The van der Waals surface area contributed by atoms with Crippen molar-refractivity contribution in [2.24, 2.45) is 5.92 Å². The molecule has 0 radical (unpaired) electrons. The quantitative estimate of drug-likeness (QED) is 0.687. The number of hydrogen-bond donors (Lipinski definition) is 2. The molecule has 7 heteroatoms. The molecule has 7 nitrogen and oxygen atoms in total. The average molecular weight is 433 g/mol. The van der Waals surface area contributed by atoms with Crippen LogP contribution in [0.25, 0.3) is 0 Å². The summed E-state index contributed by atoms with van der Waals surface area (Å²) in [6.07, 6.45) is 2.39. The molecule has 1 aliphatic rings. The number of likely N-dealkylation sites (tertiary alicyclic amines) is 1. The zero-order chi connectivity index (χ0) is 23.0. The Labute approximate surface area is 187 Å². The first kappa shape index (κ1) is 25.0. The number of aryl methyl sites for hydroxylation is 1. The summed E-state index contributed by atoms with van der Waals surface area (Å²) in [7, 11) is 4.07. The molecule has 1 fully saturated rings. The lowest BCUT2D eigenvalue weighted by Gasteiger charge is -2.33. The highest BCUT2D eigenvalue weighted by Gasteiger charge is 2.25. The molecule has 0 saturated carbocycles. The highest BCUT2D eigenvalue weighted by Crippen LogP contribution is 2.20. The van der Waals surface area contributed by atoms with Gasteiger partial charge in [-0.05, 0) is 71.2 Å². The third-order valence-corrected chi connectivity index (χ3v) is 5.68. The summed E-state index contributed by atoms with van der Waals surface area (Å²) in [6, 6.07) is 8.73. The Morgan fingerprint density at radius 3 is 2.26 bits per heavy atom. The van der Waals surface area contributed by atoms with E-state index in [4.69, 9.17) is 4.74 Å². The van der Waals surface area contributed by atoms with Gasteiger partial charge in [-0.15, -0.1) is 0 Å². The number of urea groups is 1. The Hall–Kier alpha value is -2.28. The summed E-state index contributed by atoms with van der Waals surface area (Å²) >= 11 is 0. The number of alkyl carbamates (subject to hydrolysis) is 1. The molecule has 1 aromatic carbocycles. The van der Waals surface area contributed by atoms with Gasteiger partial charge in [-0.3, -0.25) is 0 Å². The van der Waals surface area contributed by atoms with Crippen LogP contribution in [-0.2, 0) is 11.2 Å². The van der Waals surface area contributed by atoms with Crippen LogP contribution >= 0.6 is 0 Å². The highest BCUT2D eigenvalue weighted by molar-refractivity contribution is 5.74. The lowest BCUT2D eigenvalue weighted by Crippen LogP contribution is -2.47. The van der Waals surface area contributed by atoms with E-state index in [1.54, 1.807) is 0 Å². The zero-order valence-corrected chi connectivity index (χ0v) is 20.0. The second kappa shape index (κ2) is 11.4. The monoisotopic (exact) mass is 432 g/mol. The second-order valence-electron chi connectivity index (χ2n) is 9.57. The smallest absolute Gasteiger partial charge is 0.407 e. The Morgan fingerprint density at radius 1 is 1.13 bits per heavy atom. The maximum Gasteiger partial charge on any atom is 0.407 e. The van der Waals surface area contributed by atoms with Gasteiger partial charge in [0.15, 0.2) is 0 Å². The molecule has 1 saturated heterocycles. The molecule has 0 spiro atoms. The highest BCUT2D eigenvalue weighted by atomic mass is 16.6. The van der Waals surface area contributed by atoms with Crippen LogP contribution in [0.3, 0.4) is 0 Å². The summed E-state index contributed by atoms with van der Waals surface area (Å²) in [6.45, 7) is 10.3. The molecule has 0 aliphatic carbocycles. The van der Waals surface area contributed by atoms with E-state index < -0.39 is 5.60 Å². The van der Waals surface area contributed by atoms with E-state index in [-0.39, 0.29) is 18.2 Å². The first-order valence-corrected chi connectivity index (χ1v) is 11.3. The minimum Gasteiger partial charge on any atom is -0.444 e. The molecule has 1 atom stereocenters. The van der Waals surface area contributed by atoms with Crippen LogP contribution in [-0.4, -0.2) is 67.8 Å².